The average Bonchev–Trinajstić information content (AvgIpc) is 0.727. The van der Waals surface area contributed by atoms with Crippen LogP contribution in [0.1, 0.15) is 0 Å². The molecule has 668 valence electrons. The molecule has 12 nitrogen and oxygen atoms in total. The van der Waals surface area contributed by atoms with Gasteiger partial charge in [0.2, 0.25) is 0 Å². The molecule has 0 radical (unpaired) electrons. The third kappa shape index (κ3) is 14.5. The maximum absolute atomic E-state index is 5.10. The van der Waals surface area contributed by atoms with Gasteiger partial charge in [0, 0.05) is 158 Å². The Morgan fingerprint density at radius 3 is 0.688 bits per heavy atom. The van der Waals surface area contributed by atoms with Gasteiger partial charge in [-0.25, -0.2) is 4.98 Å². The van der Waals surface area contributed by atoms with E-state index in [-0.39, 0.29) is 0 Å². The molecule has 0 N–H and O–H groups in total. The zero-order valence-electron chi connectivity index (χ0n) is 77.6. The summed E-state index contributed by atoms with van der Waals surface area (Å²) in [5.74, 6) is 0. The van der Waals surface area contributed by atoms with Crippen LogP contribution in [-0.4, -0.2) is 59.8 Å². The average molecular weight is 1830 g/mol. The monoisotopic (exact) mass is 1830 g/mol. The van der Waals surface area contributed by atoms with Crippen LogP contribution < -0.4 is 0 Å². The molecule has 18 aromatic carbocycles. The van der Waals surface area contributed by atoms with E-state index in [4.69, 9.17) is 44.9 Å². The third-order valence-electron chi connectivity index (χ3n) is 28.4. The highest BCUT2D eigenvalue weighted by Gasteiger charge is 2.27. The van der Waals surface area contributed by atoms with Gasteiger partial charge in [-0.1, -0.05) is 249 Å². The molecule has 0 unspecified atom stereocenters. The number of hydrogen-bond acceptors (Lipinski definition) is 12. The van der Waals surface area contributed by atoms with E-state index in [0.29, 0.717) is 0 Å². The zero-order chi connectivity index (χ0) is 95.1. The van der Waals surface area contributed by atoms with Crippen LogP contribution in [0.3, 0.4) is 0 Å². The molecule has 30 aromatic rings. The smallest absolute Gasteiger partial charge is 0.0716 e. The van der Waals surface area contributed by atoms with Crippen molar-refractivity contribution in [3.05, 3.63) is 487 Å². The summed E-state index contributed by atoms with van der Waals surface area (Å²) in [5.41, 5.74) is 27.7. The number of para-hydroxylation sites is 2. The molecule has 0 aliphatic carbocycles. The van der Waals surface area contributed by atoms with E-state index in [9.17, 15) is 0 Å². The summed E-state index contributed by atoms with van der Waals surface area (Å²) in [5, 5.41) is 31.7. The summed E-state index contributed by atoms with van der Waals surface area (Å²) in [7, 11) is 0. The second-order valence-electron chi connectivity index (χ2n) is 36.3. The summed E-state index contributed by atoms with van der Waals surface area (Å²) in [4.78, 5) is 56.3. The van der Waals surface area contributed by atoms with E-state index in [1.165, 1.54) is 146 Å². The Kier molecular flexibility index (Phi) is 20.6. The van der Waals surface area contributed by atoms with Crippen molar-refractivity contribution in [1.82, 2.24) is 59.8 Å². The number of pyridine rings is 12. The molecule has 12 aromatic heterocycles. The quantitative estimate of drug-likeness (QED) is 0.107. The van der Waals surface area contributed by atoms with Crippen molar-refractivity contribution in [2.75, 3.05) is 0 Å². The first-order valence-corrected chi connectivity index (χ1v) is 48.3. The van der Waals surface area contributed by atoms with Crippen molar-refractivity contribution < 1.29 is 0 Å². The highest BCUT2D eigenvalue weighted by atomic mass is 14.7. The third-order valence-corrected chi connectivity index (χ3v) is 28.4. The molecule has 12 heterocycles. The van der Waals surface area contributed by atoms with Gasteiger partial charge in [-0.3, -0.25) is 54.8 Å². The molecule has 0 atom stereocenters. The number of rotatable bonds is 12. The van der Waals surface area contributed by atoms with Crippen molar-refractivity contribution in [2.45, 2.75) is 0 Å². The van der Waals surface area contributed by atoms with E-state index < -0.39 is 0 Å². The number of aromatic nitrogens is 12. The minimum absolute atomic E-state index is 0.958. The molecule has 12 heteroatoms. The number of fused-ring (bicyclic) bond motifs is 2. The standard InChI is InChI=1S/2C35H21N3.2C31H19N3/c1-2-8-31-23(7-1)19-24(21-38-31)25-13-11-22-12-14-27-29(32-9-3-5-17-36-32)20-30(33-10-4-6-18-37-33)28-16-15-26(25)34(22)35(27)28;1-2-8-31-22(6-1)12-17-33(38-31)30-20-29(32-9-3-4-19-37-32)27-14-11-23-10-13-25(24-7-5-18-36-21-24)26-15-16-28(30)35(27)34(23)26;1-4-16-32-27(7-1)21-12-10-20-11-13-23-25(28-8-2-5-17-33-28)19-26(29-9-3-6-18-34-29)24-15-14-22(21)30(20)31(23)24;1-3-16-33-28(7-1)26-18-27(29-8-2-4-17-34-29)25-14-13-23-22(21-6-5-15-32-19-21)11-9-20-10-12-24(26)31(25)30(20)23/h2*1-21H;2*1-19H. The zero-order valence-corrected chi connectivity index (χ0v) is 77.6. The van der Waals surface area contributed by atoms with Crippen molar-refractivity contribution in [3.63, 3.8) is 0 Å². The van der Waals surface area contributed by atoms with Crippen LogP contribution in [0.25, 0.3) is 286 Å². The van der Waals surface area contributed by atoms with Crippen LogP contribution in [0.4, 0.5) is 0 Å². The van der Waals surface area contributed by atoms with Crippen LogP contribution >= 0.6 is 0 Å². The Morgan fingerprint density at radius 2 is 0.375 bits per heavy atom. The highest BCUT2D eigenvalue weighted by molar-refractivity contribution is 6.34. The molecule has 0 fully saturated rings. The van der Waals surface area contributed by atoms with Crippen LogP contribution in [0.2, 0.25) is 0 Å². The fourth-order valence-electron chi connectivity index (χ4n) is 21.9. The van der Waals surface area contributed by atoms with Gasteiger partial charge in [0.25, 0.3) is 0 Å². The predicted octanol–water partition coefficient (Wildman–Crippen LogP) is 33.4. The summed E-state index contributed by atoms with van der Waals surface area (Å²) in [6, 6.07) is 143. The predicted molar refractivity (Wildman–Crippen MR) is 594 cm³/mol. The summed E-state index contributed by atoms with van der Waals surface area (Å²) in [6.45, 7) is 0. The molecule has 30 rings (SSSR count). The van der Waals surface area contributed by atoms with Gasteiger partial charge in [-0.05, 0) is 304 Å². The Bertz CT molecular complexity index is 9660. The maximum atomic E-state index is 5.10. The lowest BCUT2D eigenvalue weighted by atomic mass is 9.85. The molecule has 144 heavy (non-hydrogen) atoms. The molecule has 0 spiro atoms. The Morgan fingerprint density at radius 1 is 0.125 bits per heavy atom. The van der Waals surface area contributed by atoms with Crippen LogP contribution in [0, 0.1) is 0 Å². The maximum Gasteiger partial charge on any atom is 0.0716 e. The van der Waals surface area contributed by atoms with Gasteiger partial charge in [0.1, 0.15) is 0 Å². The van der Waals surface area contributed by atoms with Crippen LogP contribution in [-0.2, 0) is 0 Å². The molecule has 0 aliphatic rings. The first-order valence-electron chi connectivity index (χ1n) is 48.3. The molecular weight excluding hydrogens is 1750 g/mol. The lowest BCUT2D eigenvalue weighted by molar-refractivity contribution is 1.32. The summed E-state index contributed by atoms with van der Waals surface area (Å²) < 4.78 is 0. The van der Waals surface area contributed by atoms with E-state index in [1.54, 1.807) is 0 Å². The second kappa shape index (κ2) is 35.5. The Hall–Kier alpha value is -19.6. The Balaban J connectivity index is 0.0000000957. The van der Waals surface area contributed by atoms with Crippen LogP contribution in [0.15, 0.2) is 487 Å². The van der Waals surface area contributed by atoms with Gasteiger partial charge in [0.05, 0.1) is 62.3 Å². The second-order valence-corrected chi connectivity index (χ2v) is 36.3. The fourth-order valence-corrected chi connectivity index (χ4v) is 21.9. The van der Waals surface area contributed by atoms with Crippen molar-refractivity contribution in [1.29, 1.82) is 0 Å². The van der Waals surface area contributed by atoms with Gasteiger partial charge >= 0.3 is 0 Å². The molecule has 0 aliphatic heterocycles. The van der Waals surface area contributed by atoms with Crippen molar-refractivity contribution >= 4 is 151 Å². The minimum Gasteiger partial charge on any atom is -0.264 e. The first-order chi connectivity index (χ1) is 71.5. The normalized spacial score (nSPS) is 11.6. The minimum atomic E-state index is 0.958. The topological polar surface area (TPSA) is 155 Å². The van der Waals surface area contributed by atoms with E-state index in [0.717, 1.165) is 140 Å². The highest BCUT2D eigenvalue weighted by Crippen LogP contribution is 2.52. The molecule has 0 saturated carbocycles. The number of nitrogens with zero attached hydrogens (tertiary/aromatic N) is 12. The fraction of sp³-hybridized carbons (Fsp3) is 0. The first kappa shape index (κ1) is 83.8. The molecular formula is C132H80N12. The van der Waals surface area contributed by atoms with E-state index in [2.05, 4.69) is 306 Å². The van der Waals surface area contributed by atoms with E-state index >= 15 is 0 Å². The lowest BCUT2D eigenvalue weighted by Gasteiger charge is -2.19. The summed E-state index contributed by atoms with van der Waals surface area (Å²) in [6.07, 6.45) is 24.4. The lowest BCUT2D eigenvalue weighted by Crippen LogP contribution is -1.94. The van der Waals surface area contributed by atoms with Gasteiger partial charge < -0.3 is 0 Å². The molecule has 0 amide bonds. The van der Waals surface area contributed by atoms with Gasteiger partial charge in [0.15, 0.2) is 0 Å². The van der Waals surface area contributed by atoms with E-state index in [1.807, 2.05) is 196 Å². The van der Waals surface area contributed by atoms with Crippen molar-refractivity contribution in [3.8, 4) is 135 Å². The Labute approximate surface area is 826 Å². The van der Waals surface area contributed by atoms with Gasteiger partial charge in [-0.2, -0.15) is 0 Å². The van der Waals surface area contributed by atoms with Crippen molar-refractivity contribution in [2.24, 2.45) is 0 Å². The van der Waals surface area contributed by atoms with Crippen LogP contribution in [0.5, 0.6) is 0 Å². The number of hydrogen-bond donors (Lipinski definition) is 0. The number of benzene rings is 18. The summed E-state index contributed by atoms with van der Waals surface area (Å²) >= 11 is 0. The van der Waals surface area contributed by atoms with Gasteiger partial charge in [-0.15, -0.1) is 0 Å². The molecule has 0 saturated heterocycles. The SMILES string of the molecule is c1ccc(-c2cc(-c3ccc4ccccc4n3)c3ccc4c(-c5cccnc5)ccc5ccc2c3c54)nc1.c1ccc(-c2cc(-c3ccccn3)c3ccc4c(-c5cccnc5)ccc5ccc2c3c54)nc1.c1ccc(-c2cc(-c3ccccn3)c3ccc4c(-c5cnc6ccccc6c5)ccc5ccc2c3c54)nc1.c1ccc(-c2ccc3ccc4c(-c5ccccn5)cc(-c5ccccn5)c5ccc2c3c45)nc1. The molecule has 0 bridgehead atoms. The largest absolute Gasteiger partial charge is 0.264 e.